The molecule has 21 heavy (non-hydrogen) atoms. The molecule has 0 bridgehead atoms. The van der Waals surface area contributed by atoms with E-state index in [2.05, 4.69) is 10.1 Å². The zero-order valence-corrected chi connectivity index (χ0v) is 11.9. The van der Waals surface area contributed by atoms with Crippen LogP contribution < -0.4 is 0 Å². The molecule has 0 fully saturated rings. The minimum atomic E-state index is -0.433. The lowest BCUT2D eigenvalue weighted by Crippen LogP contribution is -2.05. The molecule has 0 aliphatic rings. The first-order chi connectivity index (χ1) is 10.2. The molecule has 2 aromatic heterocycles. The van der Waals surface area contributed by atoms with Gasteiger partial charge in [-0.3, -0.25) is 0 Å². The second kappa shape index (κ2) is 5.36. The van der Waals surface area contributed by atoms with Gasteiger partial charge in [0.15, 0.2) is 11.3 Å². The quantitative estimate of drug-likeness (QED) is 0.693. The Bertz CT molecular complexity index is 791. The molecule has 3 rings (SSSR count). The van der Waals surface area contributed by atoms with E-state index in [9.17, 15) is 4.79 Å². The van der Waals surface area contributed by atoms with Crippen molar-refractivity contribution in [1.82, 2.24) is 14.6 Å². The Kier molecular flexibility index (Phi) is 3.39. The third-order valence-corrected chi connectivity index (χ3v) is 3.19. The van der Waals surface area contributed by atoms with Gasteiger partial charge in [-0.25, -0.2) is 14.3 Å². The van der Waals surface area contributed by atoms with E-state index < -0.39 is 5.97 Å². The monoisotopic (exact) mass is 281 g/mol. The molecule has 0 amide bonds. The van der Waals surface area contributed by atoms with Gasteiger partial charge in [0, 0.05) is 17.8 Å². The maximum absolute atomic E-state index is 11.8. The zero-order chi connectivity index (χ0) is 14.8. The summed E-state index contributed by atoms with van der Waals surface area (Å²) in [4.78, 5) is 16.0. The Morgan fingerprint density at radius 3 is 2.71 bits per heavy atom. The van der Waals surface area contributed by atoms with Crippen LogP contribution in [0.5, 0.6) is 0 Å². The van der Waals surface area contributed by atoms with Gasteiger partial charge < -0.3 is 4.74 Å². The van der Waals surface area contributed by atoms with E-state index in [1.54, 1.807) is 23.7 Å². The lowest BCUT2D eigenvalue weighted by Gasteiger charge is -2.04. The van der Waals surface area contributed by atoms with Crippen LogP contribution in [0.25, 0.3) is 16.9 Å². The summed E-state index contributed by atoms with van der Waals surface area (Å²) >= 11 is 0. The van der Waals surface area contributed by atoms with E-state index in [1.807, 2.05) is 37.3 Å². The highest BCUT2D eigenvalue weighted by molar-refractivity contribution is 5.88. The molecule has 0 N–H and O–H groups in total. The molecular weight excluding hydrogens is 266 g/mol. The van der Waals surface area contributed by atoms with Crippen molar-refractivity contribution in [2.45, 2.75) is 13.8 Å². The van der Waals surface area contributed by atoms with Crippen LogP contribution in [0.4, 0.5) is 0 Å². The first-order valence-corrected chi connectivity index (χ1v) is 6.78. The molecule has 0 aliphatic heterocycles. The molecule has 0 saturated carbocycles. The molecule has 5 nitrogen and oxygen atoms in total. The lowest BCUT2D eigenvalue weighted by atomic mass is 10.1. The summed E-state index contributed by atoms with van der Waals surface area (Å²) in [5, 5.41) is 4.31. The van der Waals surface area contributed by atoms with E-state index >= 15 is 0 Å². The van der Waals surface area contributed by atoms with Crippen LogP contribution in [0, 0.1) is 6.92 Å². The van der Waals surface area contributed by atoms with E-state index in [0.29, 0.717) is 12.3 Å². The number of benzene rings is 1. The Morgan fingerprint density at radius 1 is 1.24 bits per heavy atom. The number of hydrogen-bond acceptors (Lipinski definition) is 4. The minimum absolute atomic E-state index is 0.268. The molecule has 1 aromatic carbocycles. The summed E-state index contributed by atoms with van der Waals surface area (Å²) in [6.45, 7) is 4.13. The SMILES string of the molecule is CCOC(=O)c1cc2nccc(-c3ccc(C)cc3)n2n1. The van der Waals surface area contributed by atoms with E-state index in [1.165, 1.54) is 5.56 Å². The fourth-order valence-corrected chi connectivity index (χ4v) is 2.14. The molecule has 0 spiro atoms. The summed E-state index contributed by atoms with van der Waals surface area (Å²) in [6, 6.07) is 11.6. The summed E-state index contributed by atoms with van der Waals surface area (Å²) in [7, 11) is 0. The van der Waals surface area contributed by atoms with Crippen molar-refractivity contribution in [2.75, 3.05) is 6.61 Å². The standard InChI is InChI=1S/C16H15N3O2/c1-3-21-16(20)13-10-15-17-9-8-14(19(15)18-13)12-6-4-11(2)5-7-12/h4-10H,3H2,1-2H3. The van der Waals surface area contributed by atoms with Crippen LogP contribution in [0.2, 0.25) is 0 Å². The average molecular weight is 281 g/mol. The first-order valence-electron chi connectivity index (χ1n) is 6.78. The van der Waals surface area contributed by atoms with E-state index in [0.717, 1.165) is 11.3 Å². The zero-order valence-electron chi connectivity index (χ0n) is 11.9. The maximum atomic E-state index is 11.8. The van der Waals surface area contributed by atoms with Gasteiger partial charge in [0.05, 0.1) is 12.3 Å². The van der Waals surface area contributed by atoms with Gasteiger partial charge in [0.25, 0.3) is 0 Å². The number of rotatable bonds is 3. The highest BCUT2D eigenvalue weighted by atomic mass is 16.5. The average Bonchev–Trinajstić information content (AvgIpc) is 2.92. The number of esters is 1. The van der Waals surface area contributed by atoms with Crippen molar-refractivity contribution in [3.63, 3.8) is 0 Å². The van der Waals surface area contributed by atoms with Gasteiger partial charge in [0.2, 0.25) is 0 Å². The Balaban J connectivity index is 2.11. The van der Waals surface area contributed by atoms with E-state index in [4.69, 9.17) is 4.74 Å². The maximum Gasteiger partial charge on any atom is 0.358 e. The molecule has 0 aliphatic carbocycles. The van der Waals surface area contributed by atoms with Gasteiger partial charge in [0.1, 0.15) is 0 Å². The van der Waals surface area contributed by atoms with Gasteiger partial charge >= 0.3 is 5.97 Å². The number of hydrogen-bond donors (Lipinski definition) is 0. The molecule has 0 unspecified atom stereocenters. The first kappa shape index (κ1) is 13.3. The van der Waals surface area contributed by atoms with Crippen molar-refractivity contribution in [3.8, 4) is 11.3 Å². The molecule has 0 radical (unpaired) electrons. The number of aromatic nitrogens is 3. The normalized spacial score (nSPS) is 10.8. The Morgan fingerprint density at radius 2 is 2.00 bits per heavy atom. The number of carbonyl (C=O) groups is 1. The smallest absolute Gasteiger partial charge is 0.358 e. The Labute approximate surface area is 122 Å². The molecule has 2 heterocycles. The Hall–Kier alpha value is -2.69. The third kappa shape index (κ3) is 2.50. The summed E-state index contributed by atoms with van der Waals surface area (Å²) in [6.07, 6.45) is 1.71. The van der Waals surface area contributed by atoms with Crippen LogP contribution in [0.3, 0.4) is 0 Å². The highest BCUT2D eigenvalue weighted by Crippen LogP contribution is 2.20. The van der Waals surface area contributed by atoms with Crippen molar-refractivity contribution < 1.29 is 9.53 Å². The fraction of sp³-hybridized carbons (Fsp3) is 0.188. The van der Waals surface area contributed by atoms with Crippen LogP contribution >= 0.6 is 0 Å². The summed E-state index contributed by atoms with van der Waals surface area (Å²) < 4.78 is 6.64. The van der Waals surface area contributed by atoms with Gasteiger partial charge in [-0.1, -0.05) is 29.8 Å². The number of ether oxygens (including phenoxy) is 1. The second-order valence-corrected chi connectivity index (χ2v) is 4.72. The highest BCUT2D eigenvalue weighted by Gasteiger charge is 2.14. The largest absolute Gasteiger partial charge is 0.461 e. The summed E-state index contributed by atoms with van der Waals surface area (Å²) in [5.74, 6) is -0.433. The fourth-order valence-electron chi connectivity index (χ4n) is 2.14. The van der Waals surface area contributed by atoms with Gasteiger partial charge in [-0.15, -0.1) is 0 Å². The number of carbonyl (C=O) groups excluding carboxylic acids is 1. The van der Waals surface area contributed by atoms with E-state index in [-0.39, 0.29) is 5.69 Å². The molecule has 0 atom stereocenters. The predicted octanol–water partition coefficient (Wildman–Crippen LogP) is 2.88. The number of nitrogens with zero attached hydrogens (tertiary/aromatic N) is 3. The molecular formula is C16H15N3O2. The lowest BCUT2D eigenvalue weighted by molar-refractivity contribution is 0.0519. The topological polar surface area (TPSA) is 56.5 Å². The molecule has 5 heteroatoms. The van der Waals surface area contributed by atoms with Gasteiger partial charge in [-0.05, 0) is 19.9 Å². The van der Waals surface area contributed by atoms with Crippen molar-refractivity contribution >= 4 is 11.6 Å². The predicted molar refractivity (Wildman–Crippen MR) is 79.1 cm³/mol. The second-order valence-electron chi connectivity index (χ2n) is 4.72. The number of fused-ring (bicyclic) bond motifs is 1. The van der Waals surface area contributed by atoms with Crippen LogP contribution in [-0.2, 0) is 4.74 Å². The van der Waals surface area contributed by atoms with Crippen LogP contribution in [0.1, 0.15) is 23.0 Å². The van der Waals surface area contributed by atoms with Crippen LogP contribution in [0.15, 0.2) is 42.6 Å². The van der Waals surface area contributed by atoms with Crippen LogP contribution in [-0.4, -0.2) is 27.2 Å². The molecule has 3 aromatic rings. The van der Waals surface area contributed by atoms with Crippen molar-refractivity contribution in [2.24, 2.45) is 0 Å². The van der Waals surface area contributed by atoms with Crippen molar-refractivity contribution in [3.05, 3.63) is 53.9 Å². The third-order valence-electron chi connectivity index (χ3n) is 3.19. The number of aryl methyl sites for hydroxylation is 1. The molecule has 0 saturated heterocycles. The van der Waals surface area contributed by atoms with Gasteiger partial charge in [-0.2, -0.15) is 5.10 Å². The minimum Gasteiger partial charge on any atom is -0.461 e. The summed E-state index contributed by atoms with van der Waals surface area (Å²) in [5.41, 5.74) is 3.99. The van der Waals surface area contributed by atoms with Crippen molar-refractivity contribution in [1.29, 1.82) is 0 Å². The molecule has 106 valence electrons.